The summed E-state index contributed by atoms with van der Waals surface area (Å²) in [4.78, 5) is 14.4. The molecule has 2 N–H and O–H groups in total. The lowest BCUT2D eigenvalue weighted by atomic mass is 9.96. The van der Waals surface area contributed by atoms with Crippen LogP contribution in [0.5, 0.6) is 5.88 Å². The Morgan fingerprint density at radius 3 is 2.56 bits per heavy atom. The lowest BCUT2D eigenvalue weighted by molar-refractivity contribution is -0.386. The smallest absolute Gasteiger partial charge is 0.330 e. The first-order valence-corrected chi connectivity index (χ1v) is 5.95. The lowest BCUT2D eigenvalue weighted by Crippen LogP contribution is -2.44. The van der Waals surface area contributed by atoms with Crippen LogP contribution in [0.15, 0.2) is 12.1 Å². The molecule has 0 aromatic carbocycles. The summed E-state index contributed by atoms with van der Waals surface area (Å²) in [6.07, 6.45) is 1.48. The molecule has 1 heterocycles. The standard InChI is InChI=1S/C12H19N3O3/c1-4-12(13,5-2)8-18-11-10(15(16)17)7-6-9(3)14-11/h6-7H,4-5,8,13H2,1-3H3. The second kappa shape index (κ2) is 5.77. The number of nitro groups is 1. The Hall–Kier alpha value is -1.69. The van der Waals surface area contributed by atoms with Crippen LogP contribution in [-0.4, -0.2) is 22.1 Å². The van der Waals surface area contributed by atoms with Crippen LogP contribution in [0.1, 0.15) is 32.4 Å². The fourth-order valence-electron chi connectivity index (χ4n) is 1.44. The van der Waals surface area contributed by atoms with Gasteiger partial charge >= 0.3 is 5.69 Å². The predicted molar refractivity (Wildman–Crippen MR) is 68.6 cm³/mol. The van der Waals surface area contributed by atoms with Gasteiger partial charge in [-0.1, -0.05) is 13.8 Å². The molecule has 0 aliphatic rings. The van der Waals surface area contributed by atoms with Crippen molar-refractivity contribution in [2.45, 2.75) is 39.2 Å². The van der Waals surface area contributed by atoms with Crippen molar-refractivity contribution in [2.75, 3.05) is 6.61 Å². The number of hydrogen-bond acceptors (Lipinski definition) is 5. The molecular weight excluding hydrogens is 234 g/mol. The normalized spacial score (nSPS) is 11.3. The zero-order chi connectivity index (χ0) is 13.8. The van der Waals surface area contributed by atoms with Gasteiger partial charge < -0.3 is 10.5 Å². The van der Waals surface area contributed by atoms with Gasteiger partial charge in [0.05, 0.1) is 4.92 Å². The van der Waals surface area contributed by atoms with Crippen molar-refractivity contribution in [1.29, 1.82) is 0 Å². The largest absolute Gasteiger partial charge is 0.471 e. The molecule has 0 saturated carbocycles. The van der Waals surface area contributed by atoms with E-state index in [9.17, 15) is 10.1 Å². The zero-order valence-corrected chi connectivity index (χ0v) is 11.0. The van der Waals surface area contributed by atoms with E-state index in [1.807, 2.05) is 13.8 Å². The number of pyridine rings is 1. The highest BCUT2D eigenvalue weighted by molar-refractivity contribution is 5.41. The van der Waals surface area contributed by atoms with Crippen LogP contribution in [0.25, 0.3) is 0 Å². The Bertz CT molecular complexity index is 431. The fourth-order valence-corrected chi connectivity index (χ4v) is 1.44. The third-order valence-corrected chi connectivity index (χ3v) is 3.08. The van der Waals surface area contributed by atoms with Gasteiger partial charge in [0.25, 0.3) is 5.88 Å². The molecule has 18 heavy (non-hydrogen) atoms. The van der Waals surface area contributed by atoms with E-state index < -0.39 is 10.5 Å². The first-order chi connectivity index (χ1) is 8.41. The van der Waals surface area contributed by atoms with Gasteiger partial charge in [0.15, 0.2) is 0 Å². The van der Waals surface area contributed by atoms with Crippen molar-refractivity contribution in [3.05, 3.63) is 27.9 Å². The van der Waals surface area contributed by atoms with Crippen LogP contribution in [0, 0.1) is 17.0 Å². The van der Waals surface area contributed by atoms with Crippen molar-refractivity contribution < 1.29 is 9.66 Å². The second-order valence-corrected chi connectivity index (χ2v) is 4.39. The van der Waals surface area contributed by atoms with E-state index in [0.29, 0.717) is 5.69 Å². The Morgan fingerprint density at radius 1 is 1.44 bits per heavy atom. The average Bonchev–Trinajstić information content (AvgIpc) is 2.35. The molecule has 0 spiro atoms. The summed E-state index contributed by atoms with van der Waals surface area (Å²) in [6, 6.07) is 2.98. The molecular formula is C12H19N3O3. The Balaban J connectivity index is 2.90. The number of nitrogens with zero attached hydrogens (tertiary/aromatic N) is 2. The third-order valence-electron chi connectivity index (χ3n) is 3.08. The summed E-state index contributed by atoms with van der Waals surface area (Å²) in [6.45, 7) is 5.90. The molecule has 0 unspecified atom stereocenters. The lowest BCUT2D eigenvalue weighted by Gasteiger charge is -2.25. The highest BCUT2D eigenvalue weighted by Gasteiger charge is 2.24. The molecule has 0 aliphatic carbocycles. The quantitative estimate of drug-likeness (QED) is 0.619. The Labute approximate surface area is 106 Å². The van der Waals surface area contributed by atoms with Crippen molar-refractivity contribution in [3.8, 4) is 5.88 Å². The van der Waals surface area contributed by atoms with Crippen LogP contribution in [-0.2, 0) is 0 Å². The van der Waals surface area contributed by atoms with Gasteiger partial charge in [-0.3, -0.25) is 10.1 Å². The summed E-state index contributed by atoms with van der Waals surface area (Å²) in [5.41, 5.74) is 6.16. The minimum absolute atomic E-state index is 0.0386. The maximum atomic E-state index is 10.9. The maximum Gasteiger partial charge on any atom is 0.330 e. The van der Waals surface area contributed by atoms with Crippen molar-refractivity contribution >= 4 is 5.69 Å². The average molecular weight is 253 g/mol. The molecule has 0 atom stereocenters. The maximum absolute atomic E-state index is 10.9. The van der Waals surface area contributed by atoms with Gasteiger partial charge in [-0.2, -0.15) is 0 Å². The van der Waals surface area contributed by atoms with Gasteiger partial charge in [-0.05, 0) is 25.8 Å². The van der Waals surface area contributed by atoms with Gasteiger partial charge in [-0.15, -0.1) is 0 Å². The van der Waals surface area contributed by atoms with Crippen LogP contribution in [0.2, 0.25) is 0 Å². The van der Waals surface area contributed by atoms with Crippen LogP contribution in [0.3, 0.4) is 0 Å². The number of hydrogen-bond donors (Lipinski definition) is 1. The molecule has 100 valence electrons. The molecule has 0 aliphatic heterocycles. The Kier molecular flexibility index (Phi) is 4.61. The first kappa shape index (κ1) is 14.4. The molecule has 6 nitrogen and oxygen atoms in total. The Morgan fingerprint density at radius 2 is 2.06 bits per heavy atom. The summed E-state index contributed by atoms with van der Waals surface area (Å²) >= 11 is 0. The zero-order valence-electron chi connectivity index (χ0n) is 11.0. The van der Waals surface area contributed by atoms with Crippen molar-refractivity contribution in [1.82, 2.24) is 4.98 Å². The van der Waals surface area contributed by atoms with Gasteiger partial charge in [-0.25, -0.2) is 4.98 Å². The predicted octanol–water partition coefficient (Wildman–Crippen LogP) is 2.19. The van der Waals surface area contributed by atoms with Crippen LogP contribution < -0.4 is 10.5 Å². The molecule has 1 rings (SSSR count). The third kappa shape index (κ3) is 3.40. The number of ether oxygens (including phenoxy) is 1. The SMILES string of the molecule is CCC(N)(CC)COc1nc(C)ccc1[N+](=O)[O-]. The minimum atomic E-state index is -0.502. The van der Waals surface area contributed by atoms with E-state index in [1.165, 1.54) is 6.07 Å². The number of aryl methyl sites for hydroxylation is 1. The first-order valence-electron chi connectivity index (χ1n) is 5.95. The number of rotatable bonds is 6. The monoisotopic (exact) mass is 253 g/mol. The second-order valence-electron chi connectivity index (χ2n) is 4.39. The molecule has 0 fully saturated rings. The molecule has 6 heteroatoms. The molecule has 0 amide bonds. The van der Waals surface area contributed by atoms with Gasteiger partial charge in [0.2, 0.25) is 0 Å². The molecule has 0 bridgehead atoms. The molecule has 0 saturated heterocycles. The minimum Gasteiger partial charge on any atom is -0.471 e. The topological polar surface area (TPSA) is 91.3 Å². The van der Waals surface area contributed by atoms with Gasteiger partial charge in [0, 0.05) is 17.3 Å². The molecule has 1 aromatic heterocycles. The van der Waals surface area contributed by atoms with Crippen LogP contribution in [0.4, 0.5) is 5.69 Å². The van der Waals surface area contributed by atoms with E-state index in [2.05, 4.69) is 4.98 Å². The highest BCUT2D eigenvalue weighted by atomic mass is 16.6. The fraction of sp³-hybridized carbons (Fsp3) is 0.583. The summed E-state index contributed by atoms with van der Waals surface area (Å²) < 4.78 is 5.45. The number of nitrogens with two attached hydrogens (primary N) is 1. The van der Waals surface area contributed by atoms with E-state index in [1.54, 1.807) is 13.0 Å². The molecule has 0 radical (unpaired) electrons. The highest BCUT2D eigenvalue weighted by Crippen LogP contribution is 2.25. The van der Waals surface area contributed by atoms with Gasteiger partial charge in [0.1, 0.15) is 6.61 Å². The van der Waals surface area contributed by atoms with E-state index in [-0.39, 0.29) is 18.2 Å². The van der Waals surface area contributed by atoms with Crippen molar-refractivity contribution in [3.63, 3.8) is 0 Å². The van der Waals surface area contributed by atoms with E-state index in [0.717, 1.165) is 12.8 Å². The van der Waals surface area contributed by atoms with E-state index in [4.69, 9.17) is 10.5 Å². The number of aromatic nitrogens is 1. The summed E-state index contributed by atoms with van der Waals surface area (Å²) in [5, 5.41) is 10.9. The van der Waals surface area contributed by atoms with Crippen molar-refractivity contribution in [2.24, 2.45) is 5.73 Å². The summed E-state index contributed by atoms with van der Waals surface area (Å²) in [7, 11) is 0. The summed E-state index contributed by atoms with van der Waals surface area (Å²) in [5.74, 6) is 0.0386. The van der Waals surface area contributed by atoms with Crippen LogP contribution >= 0.6 is 0 Å². The van der Waals surface area contributed by atoms with E-state index >= 15 is 0 Å². The molecule has 1 aromatic rings.